The first kappa shape index (κ1) is 11.8. The summed E-state index contributed by atoms with van der Waals surface area (Å²) in [4.78, 5) is 14.1. The zero-order chi connectivity index (χ0) is 11.6. The van der Waals surface area contributed by atoms with Gasteiger partial charge in [0.1, 0.15) is 11.5 Å². The average Bonchev–Trinajstić information content (AvgIpc) is 2.15. The summed E-state index contributed by atoms with van der Waals surface area (Å²) in [5.41, 5.74) is 4.18. The molecular weight excluding hydrogens is 274 g/mol. The summed E-state index contributed by atoms with van der Waals surface area (Å²) in [6.07, 6.45) is -2.96. The molecule has 4 nitrogen and oxygen atoms in total. The minimum atomic E-state index is -2.96. The number of aromatic nitrogens is 1. The van der Waals surface area contributed by atoms with E-state index in [1.165, 1.54) is 6.07 Å². The smallest absolute Gasteiger partial charge is 0.338 e. The van der Waals surface area contributed by atoms with Gasteiger partial charge in [0.2, 0.25) is 0 Å². The fourth-order valence-electron chi connectivity index (χ4n) is 1.15. The highest BCUT2D eigenvalue weighted by Gasteiger charge is 2.23. The van der Waals surface area contributed by atoms with Crippen molar-refractivity contribution in [3.63, 3.8) is 0 Å². The number of alkyl halides is 3. The van der Waals surface area contributed by atoms with Crippen molar-refractivity contribution < 1.29 is 18.7 Å². The molecule has 0 aliphatic heterocycles. The van der Waals surface area contributed by atoms with E-state index in [4.69, 9.17) is 10.8 Å². The Morgan fingerprint density at radius 2 is 2.27 bits per heavy atom. The van der Waals surface area contributed by atoms with Crippen LogP contribution in [-0.4, -0.2) is 16.1 Å². The fraction of sp³-hybridized carbons (Fsp3) is 0.250. The standard InChI is InChI=1S/C8H7BrF2N2O2/c9-2-3-1-4(12)13-6(7(10)11)5(3)8(14)15/h1,7H,2H2,(H2,12,13)(H,14,15). The molecule has 0 spiro atoms. The lowest BCUT2D eigenvalue weighted by atomic mass is 10.1. The highest BCUT2D eigenvalue weighted by atomic mass is 79.9. The molecule has 3 N–H and O–H groups in total. The van der Waals surface area contributed by atoms with E-state index in [0.717, 1.165) is 0 Å². The second-order valence-electron chi connectivity index (χ2n) is 2.71. The fourth-order valence-corrected chi connectivity index (χ4v) is 1.59. The molecule has 0 aromatic carbocycles. The van der Waals surface area contributed by atoms with Gasteiger partial charge in [0, 0.05) is 5.33 Å². The number of nitrogen functional groups attached to an aromatic ring is 1. The quantitative estimate of drug-likeness (QED) is 0.833. The molecule has 1 aromatic heterocycles. The van der Waals surface area contributed by atoms with Crippen molar-refractivity contribution in [3.05, 3.63) is 22.9 Å². The molecule has 0 amide bonds. The van der Waals surface area contributed by atoms with Crippen LogP contribution in [0.3, 0.4) is 0 Å². The molecule has 0 atom stereocenters. The van der Waals surface area contributed by atoms with Gasteiger partial charge >= 0.3 is 5.97 Å². The van der Waals surface area contributed by atoms with Crippen molar-refractivity contribution in [2.45, 2.75) is 11.8 Å². The number of halogens is 3. The number of nitrogens with two attached hydrogens (primary N) is 1. The summed E-state index contributed by atoms with van der Waals surface area (Å²) in [5.74, 6) is -1.56. The van der Waals surface area contributed by atoms with Crippen LogP contribution >= 0.6 is 15.9 Å². The van der Waals surface area contributed by atoms with Gasteiger partial charge in [-0.1, -0.05) is 15.9 Å². The van der Waals surface area contributed by atoms with Crippen LogP contribution in [0.15, 0.2) is 6.07 Å². The van der Waals surface area contributed by atoms with E-state index in [1.54, 1.807) is 0 Å². The number of anilines is 1. The Morgan fingerprint density at radius 1 is 1.67 bits per heavy atom. The van der Waals surface area contributed by atoms with E-state index in [9.17, 15) is 13.6 Å². The van der Waals surface area contributed by atoms with Crippen molar-refractivity contribution in [3.8, 4) is 0 Å². The van der Waals surface area contributed by atoms with Crippen LogP contribution in [0.2, 0.25) is 0 Å². The third-order valence-electron chi connectivity index (χ3n) is 1.71. The molecule has 1 aromatic rings. The van der Waals surface area contributed by atoms with Gasteiger partial charge < -0.3 is 10.8 Å². The lowest BCUT2D eigenvalue weighted by molar-refractivity contribution is 0.0681. The van der Waals surface area contributed by atoms with E-state index in [0.29, 0.717) is 0 Å². The molecule has 0 aliphatic carbocycles. The van der Waals surface area contributed by atoms with E-state index >= 15 is 0 Å². The maximum atomic E-state index is 12.5. The van der Waals surface area contributed by atoms with E-state index < -0.39 is 23.7 Å². The van der Waals surface area contributed by atoms with Crippen LogP contribution in [0, 0.1) is 0 Å². The monoisotopic (exact) mass is 280 g/mol. The third-order valence-corrected chi connectivity index (χ3v) is 2.32. The first-order valence-electron chi connectivity index (χ1n) is 3.84. The molecule has 0 saturated heterocycles. The minimum Gasteiger partial charge on any atom is -0.478 e. The predicted octanol–water partition coefficient (Wildman–Crippen LogP) is 2.19. The van der Waals surface area contributed by atoms with Crippen LogP contribution in [0.1, 0.15) is 28.0 Å². The molecule has 1 heterocycles. The van der Waals surface area contributed by atoms with Crippen LogP contribution < -0.4 is 5.73 Å². The number of nitrogens with zero attached hydrogens (tertiary/aromatic N) is 1. The van der Waals surface area contributed by atoms with Gasteiger partial charge in [0.05, 0.1) is 5.56 Å². The SMILES string of the molecule is Nc1cc(CBr)c(C(=O)O)c(C(F)F)n1. The number of carboxylic acid groups (broad SMARTS) is 1. The summed E-state index contributed by atoms with van der Waals surface area (Å²) < 4.78 is 25.0. The molecule has 0 aliphatic rings. The summed E-state index contributed by atoms with van der Waals surface area (Å²) in [6.45, 7) is 0. The Hall–Kier alpha value is -1.24. The van der Waals surface area contributed by atoms with Crippen LogP contribution in [0.5, 0.6) is 0 Å². The summed E-state index contributed by atoms with van der Waals surface area (Å²) in [5, 5.41) is 8.91. The van der Waals surface area contributed by atoms with Crippen molar-refractivity contribution in [1.29, 1.82) is 0 Å². The van der Waals surface area contributed by atoms with Crippen molar-refractivity contribution in [2.75, 3.05) is 5.73 Å². The summed E-state index contributed by atoms with van der Waals surface area (Å²) in [6, 6.07) is 1.25. The molecule has 0 saturated carbocycles. The molecule has 0 bridgehead atoms. The summed E-state index contributed by atoms with van der Waals surface area (Å²) in [7, 11) is 0. The topological polar surface area (TPSA) is 76.2 Å². The van der Waals surface area contributed by atoms with E-state index in [2.05, 4.69) is 20.9 Å². The molecule has 15 heavy (non-hydrogen) atoms. The molecule has 0 radical (unpaired) electrons. The third kappa shape index (κ3) is 2.41. The second kappa shape index (κ2) is 4.52. The Bertz CT molecular complexity index is 398. The number of carbonyl (C=O) groups is 1. The Morgan fingerprint density at radius 3 is 2.67 bits per heavy atom. The van der Waals surface area contributed by atoms with E-state index in [-0.39, 0.29) is 16.7 Å². The highest BCUT2D eigenvalue weighted by Crippen LogP contribution is 2.26. The lowest BCUT2D eigenvalue weighted by Gasteiger charge is -2.09. The minimum absolute atomic E-state index is 0.121. The van der Waals surface area contributed by atoms with Crippen molar-refractivity contribution in [2.24, 2.45) is 0 Å². The van der Waals surface area contributed by atoms with Crippen LogP contribution in [0.25, 0.3) is 0 Å². The Balaban J connectivity index is 3.47. The van der Waals surface area contributed by atoms with Gasteiger partial charge in [-0.05, 0) is 11.6 Å². The van der Waals surface area contributed by atoms with Gasteiger partial charge in [-0.15, -0.1) is 0 Å². The maximum Gasteiger partial charge on any atom is 0.338 e. The number of aromatic carboxylic acids is 1. The number of carboxylic acids is 1. The Labute approximate surface area is 92.2 Å². The highest BCUT2D eigenvalue weighted by molar-refractivity contribution is 9.08. The zero-order valence-corrected chi connectivity index (χ0v) is 8.96. The molecule has 82 valence electrons. The lowest BCUT2D eigenvalue weighted by Crippen LogP contribution is -2.11. The molecule has 0 fully saturated rings. The molecule has 0 unspecified atom stereocenters. The molecule has 7 heteroatoms. The van der Waals surface area contributed by atoms with Gasteiger partial charge in [-0.2, -0.15) is 0 Å². The predicted molar refractivity (Wildman–Crippen MR) is 53.2 cm³/mol. The van der Waals surface area contributed by atoms with Crippen molar-refractivity contribution >= 4 is 27.7 Å². The maximum absolute atomic E-state index is 12.5. The number of hydrogen-bond donors (Lipinski definition) is 2. The van der Waals surface area contributed by atoms with E-state index in [1.807, 2.05) is 0 Å². The van der Waals surface area contributed by atoms with Gasteiger partial charge in [-0.25, -0.2) is 18.6 Å². The first-order valence-corrected chi connectivity index (χ1v) is 4.96. The Kier molecular flexibility index (Phi) is 3.57. The number of hydrogen-bond acceptors (Lipinski definition) is 3. The summed E-state index contributed by atoms with van der Waals surface area (Å²) >= 11 is 3.00. The largest absolute Gasteiger partial charge is 0.478 e. The van der Waals surface area contributed by atoms with Crippen LogP contribution in [0.4, 0.5) is 14.6 Å². The number of rotatable bonds is 3. The average molecular weight is 281 g/mol. The van der Waals surface area contributed by atoms with Gasteiger partial charge in [0.25, 0.3) is 6.43 Å². The normalized spacial score (nSPS) is 10.7. The molecule has 1 rings (SSSR count). The van der Waals surface area contributed by atoms with Gasteiger partial charge in [-0.3, -0.25) is 0 Å². The first-order chi connectivity index (χ1) is 6.97. The zero-order valence-electron chi connectivity index (χ0n) is 7.38. The van der Waals surface area contributed by atoms with Crippen LogP contribution in [-0.2, 0) is 5.33 Å². The van der Waals surface area contributed by atoms with Crippen molar-refractivity contribution in [1.82, 2.24) is 4.98 Å². The van der Waals surface area contributed by atoms with Gasteiger partial charge in [0.15, 0.2) is 0 Å². The number of pyridine rings is 1. The second-order valence-corrected chi connectivity index (χ2v) is 3.27. The molecular formula is C8H7BrF2N2O2.